The van der Waals surface area contributed by atoms with Crippen LogP contribution in [0.4, 0.5) is 0 Å². The smallest absolute Gasteiger partial charge is 0.0805 e. The third-order valence-electron chi connectivity index (χ3n) is 3.71. The Morgan fingerprint density at radius 1 is 1.10 bits per heavy atom. The highest BCUT2D eigenvalue weighted by atomic mass is 35.5. The molecule has 2 nitrogen and oxygen atoms in total. The molecule has 1 aromatic rings. The first-order chi connectivity index (χ1) is 9.56. The van der Waals surface area contributed by atoms with E-state index in [1.807, 2.05) is 12.1 Å². The Kier molecular flexibility index (Phi) is 8.20. The fraction of sp³-hybridized carbons (Fsp3) is 0.647. The van der Waals surface area contributed by atoms with E-state index in [9.17, 15) is 0 Å². The van der Waals surface area contributed by atoms with Crippen LogP contribution in [0.2, 0.25) is 5.02 Å². The summed E-state index contributed by atoms with van der Waals surface area (Å²) < 4.78 is 11.2. The van der Waals surface area contributed by atoms with Crippen molar-refractivity contribution in [2.45, 2.75) is 39.7 Å². The fourth-order valence-electron chi connectivity index (χ4n) is 2.14. The minimum Gasteiger partial charge on any atom is -0.382 e. The largest absolute Gasteiger partial charge is 0.382 e. The zero-order chi connectivity index (χ0) is 15.0. The maximum absolute atomic E-state index is 6.00. The number of halogens is 1. The van der Waals surface area contributed by atoms with Gasteiger partial charge in [0.15, 0.2) is 0 Å². The molecular formula is C17H27ClO2. The van der Waals surface area contributed by atoms with Gasteiger partial charge in [0.1, 0.15) is 0 Å². The Bertz CT molecular complexity index is 362. The van der Waals surface area contributed by atoms with Crippen LogP contribution < -0.4 is 0 Å². The highest BCUT2D eigenvalue weighted by Crippen LogP contribution is 2.20. The summed E-state index contributed by atoms with van der Waals surface area (Å²) in [6, 6.07) is 8.11. The van der Waals surface area contributed by atoms with Crippen LogP contribution in [0, 0.1) is 11.8 Å². The quantitative estimate of drug-likeness (QED) is 0.663. The molecule has 20 heavy (non-hydrogen) atoms. The van der Waals surface area contributed by atoms with Crippen LogP contribution in [0.15, 0.2) is 24.3 Å². The van der Waals surface area contributed by atoms with Crippen molar-refractivity contribution in [2.75, 3.05) is 20.3 Å². The molecule has 0 aliphatic heterocycles. The third-order valence-corrected chi connectivity index (χ3v) is 3.96. The van der Waals surface area contributed by atoms with Gasteiger partial charge >= 0.3 is 0 Å². The fourth-order valence-corrected chi connectivity index (χ4v) is 2.27. The van der Waals surface area contributed by atoms with E-state index in [0.717, 1.165) is 24.5 Å². The van der Waals surface area contributed by atoms with E-state index in [2.05, 4.69) is 32.9 Å². The molecule has 0 saturated carbocycles. The van der Waals surface area contributed by atoms with Crippen molar-refractivity contribution >= 4 is 11.6 Å². The molecule has 0 amide bonds. The molecule has 0 saturated heterocycles. The second-order valence-electron chi connectivity index (χ2n) is 5.65. The first-order valence-corrected chi connectivity index (χ1v) is 7.79. The van der Waals surface area contributed by atoms with Crippen LogP contribution in [-0.4, -0.2) is 26.4 Å². The summed E-state index contributed by atoms with van der Waals surface area (Å²) in [5, 5.41) is 0.789. The van der Waals surface area contributed by atoms with Crippen molar-refractivity contribution < 1.29 is 9.47 Å². The van der Waals surface area contributed by atoms with E-state index in [1.165, 1.54) is 5.56 Å². The molecule has 0 fully saturated rings. The molecule has 0 heterocycles. The van der Waals surface area contributed by atoms with Gasteiger partial charge in [-0.3, -0.25) is 0 Å². The molecule has 0 aromatic heterocycles. The summed E-state index contributed by atoms with van der Waals surface area (Å²) in [7, 11) is 1.72. The van der Waals surface area contributed by atoms with Gasteiger partial charge in [0, 0.05) is 12.1 Å². The zero-order valence-corrected chi connectivity index (χ0v) is 13.8. The summed E-state index contributed by atoms with van der Waals surface area (Å²) in [6.45, 7) is 8.08. The van der Waals surface area contributed by atoms with E-state index in [4.69, 9.17) is 21.1 Å². The van der Waals surface area contributed by atoms with Crippen molar-refractivity contribution in [3.8, 4) is 0 Å². The van der Waals surface area contributed by atoms with Gasteiger partial charge in [-0.05, 0) is 42.4 Å². The van der Waals surface area contributed by atoms with Crippen LogP contribution in [0.3, 0.4) is 0 Å². The van der Waals surface area contributed by atoms with Crippen LogP contribution in [0.1, 0.15) is 32.8 Å². The van der Waals surface area contributed by atoms with Gasteiger partial charge in [0.05, 0.1) is 19.3 Å². The first kappa shape index (κ1) is 17.5. The first-order valence-electron chi connectivity index (χ1n) is 7.41. The molecule has 0 radical (unpaired) electrons. The number of rotatable bonds is 9. The van der Waals surface area contributed by atoms with Crippen LogP contribution >= 0.6 is 11.6 Å². The number of ether oxygens (including phenoxy) is 2. The molecule has 0 aliphatic rings. The Balaban J connectivity index is 2.54. The van der Waals surface area contributed by atoms with Gasteiger partial charge in [-0.2, -0.15) is 0 Å². The molecule has 0 bridgehead atoms. The lowest BCUT2D eigenvalue weighted by Crippen LogP contribution is -2.25. The van der Waals surface area contributed by atoms with E-state index < -0.39 is 0 Å². The molecular weight excluding hydrogens is 272 g/mol. The van der Waals surface area contributed by atoms with E-state index in [0.29, 0.717) is 18.4 Å². The van der Waals surface area contributed by atoms with E-state index in [1.54, 1.807) is 7.11 Å². The minimum absolute atomic E-state index is 0.200. The van der Waals surface area contributed by atoms with Crippen molar-refractivity contribution in [2.24, 2.45) is 11.8 Å². The molecule has 0 N–H and O–H groups in total. The van der Waals surface area contributed by atoms with Crippen molar-refractivity contribution in [3.05, 3.63) is 34.9 Å². The molecule has 0 aliphatic carbocycles. The summed E-state index contributed by atoms with van der Waals surface area (Å²) in [5.41, 5.74) is 1.32. The molecule has 2 atom stereocenters. The lowest BCUT2D eigenvalue weighted by atomic mass is 9.90. The highest BCUT2D eigenvalue weighted by molar-refractivity contribution is 6.30. The second kappa shape index (κ2) is 9.38. The Morgan fingerprint density at radius 3 is 2.25 bits per heavy atom. The predicted molar refractivity (Wildman–Crippen MR) is 85.4 cm³/mol. The number of methoxy groups -OCH3 is 1. The third kappa shape index (κ3) is 6.25. The molecule has 114 valence electrons. The summed E-state index contributed by atoms with van der Waals surface area (Å²) in [4.78, 5) is 0. The highest BCUT2D eigenvalue weighted by Gasteiger charge is 2.17. The summed E-state index contributed by atoms with van der Waals surface area (Å²) in [5.74, 6) is 1.10. The average Bonchev–Trinajstić information content (AvgIpc) is 2.43. The van der Waals surface area contributed by atoms with Crippen molar-refractivity contribution in [1.82, 2.24) is 0 Å². The normalized spacial score (nSPS) is 14.5. The van der Waals surface area contributed by atoms with Gasteiger partial charge in [-0.15, -0.1) is 0 Å². The Morgan fingerprint density at radius 2 is 1.75 bits per heavy atom. The minimum atomic E-state index is 0.200. The number of hydrogen-bond donors (Lipinski definition) is 0. The predicted octanol–water partition coefficient (Wildman–Crippen LogP) is 4.60. The Labute approximate surface area is 128 Å². The Hall–Kier alpha value is -0.570. The standard InChI is InChI=1S/C17H27ClO2/c1-5-17(12-19-4)20-11-15(13(2)3)10-14-6-8-16(18)9-7-14/h6-9,13,15,17H,5,10-12H2,1-4H3. The number of benzene rings is 1. The number of hydrogen-bond acceptors (Lipinski definition) is 2. The van der Waals surface area contributed by atoms with Gasteiger partial charge in [-0.25, -0.2) is 0 Å². The van der Waals surface area contributed by atoms with Gasteiger partial charge in [0.2, 0.25) is 0 Å². The monoisotopic (exact) mass is 298 g/mol. The van der Waals surface area contributed by atoms with Crippen LogP contribution in [0.25, 0.3) is 0 Å². The van der Waals surface area contributed by atoms with E-state index in [-0.39, 0.29) is 6.10 Å². The molecule has 1 aromatic carbocycles. The zero-order valence-electron chi connectivity index (χ0n) is 13.1. The lowest BCUT2D eigenvalue weighted by Gasteiger charge is -2.24. The SMILES string of the molecule is CCC(COC)OCC(Cc1ccc(Cl)cc1)C(C)C. The topological polar surface area (TPSA) is 18.5 Å². The van der Waals surface area contributed by atoms with Gasteiger partial charge in [-0.1, -0.05) is 44.5 Å². The maximum atomic E-state index is 6.00. The summed E-state index contributed by atoms with van der Waals surface area (Å²) >= 11 is 5.93. The molecule has 3 heteroatoms. The summed E-state index contributed by atoms with van der Waals surface area (Å²) in [6.07, 6.45) is 2.21. The van der Waals surface area contributed by atoms with Gasteiger partial charge < -0.3 is 9.47 Å². The average molecular weight is 299 g/mol. The molecule has 2 unspecified atom stereocenters. The second-order valence-corrected chi connectivity index (χ2v) is 6.09. The molecule has 1 rings (SSSR count). The van der Waals surface area contributed by atoms with Gasteiger partial charge in [0.25, 0.3) is 0 Å². The van der Waals surface area contributed by atoms with Crippen LogP contribution in [0.5, 0.6) is 0 Å². The van der Waals surface area contributed by atoms with Crippen molar-refractivity contribution in [3.63, 3.8) is 0 Å². The maximum Gasteiger partial charge on any atom is 0.0805 e. The van der Waals surface area contributed by atoms with Crippen molar-refractivity contribution in [1.29, 1.82) is 0 Å². The lowest BCUT2D eigenvalue weighted by molar-refractivity contribution is -0.0247. The molecule has 0 spiro atoms. The van der Waals surface area contributed by atoms with E-state index >= 15 is 0 Å². The van der Waals surface area contributed by atoms with Crippen LogP contribution in [-0.2, 0) is 15.9 Å².